The minimum absolute atomic E-state index is 0.0871. The number of aromatic nitrogens is 1. The van der Waals surface area contributed by atoms with Crippen molar-refractivity contribution in [3.8, 4) is 0 Å². The first-order chi connectivity index (χ1) is 19.5. The van der Waals surface area contributed by atoms with Crippen molar-refractivity contribution in [2.45, 2.75) is 89.5 Å². The van der Waals surface area contributed by atoms with Gasteiger partial charge < -0.3 is 14.8 Å². The highest BCUT2D eigenvalue weighted by Gasteiger charge is 2.47. The Bertz CT molecular complexity index is 1290. The summed E-state index contributed by atoms with van der Waals surface area (Å²) in [5.41, 5.74) is 2.08. The largest absolute Gasteiger partial charge is 0.443 e. The number of nitrogens with one attached hydrogen (secondary N) is 2. The molecule has 224 valence electrons. The lowest BCUT2D eigenvalue weighted by Gasteiger charge is -2.34. The molecule has 0 bridgehead atoms. The molecular formula is C30H40F2N4O5. The van der Waals surface area contributed by atoms with Gasteiger partial charge in [0.15, 0.2) is 5.72 Å². The van der Waals surface area contributed by atoms with Crippen molar-refractivity contribution in [3.05, 3.63) is 30.0 Å². The van der Waals surface area contributed by atoms with Gasteiger partial charge >= 0.3 is 12.1 Å². The highest BCUT2D eigenvalue weighted by atomic mass is 19.1. The fourth-order valence-corrected chi connectivity index (χ4v) is 6.87. The molecule has 1 aliphatic carbocycles. The minimum atomic E-state index is -1.41. The van der Waals surface area contributed by atoms with E-state index < -0.39 is 42.8 Å². The number of rotatable bonds is 8. The Kier molecular flexibility index (Phi) is 8.27. The quantitative estimate of drug-likeness (QED) is 0.385. The first-order valence-electron chi connectivity index (χ1n) is 14.6. The molecule has 1 aromatic heterocycles. The first-order valence-corrected chi connectivity index (χ1v) is 14.6. The van der Waals surface area contributed by atoms with Crippen LogP contribution in [0.3, 0.4) is 0 Å². The summed E-state index contributed by atoms with van der Waals surface area (Å²) < 4.78 is 39.4. The molecule has 1 saturated heterocycles. The molecule has 3 heterocycles. The summed E-state index contributed by atoms with van der Waals surface area (Å²) in [6.45, 7) is 4.38. The summed E-state index contributed by atoms with van der Waals surface area (Å²) >= 11 is 0. The Balaban J connectivity index is 1.40. The second-order valence-electron chi connectivity index (χ2n) is 12.4. The molecule has 2 amide bonds. The minimum Gasteiger partial charge on any atom is -0.443 e. The average molecular weight is 575 g/mol. The van der Waals surface area contributed by atoms with Gasteiger partial charge in [0.05, 0.1) is 18.9 Å². The molecule has 41 heavy (non-hydrogen) atoms. The molecule has 3 aliphatic rings. The van der Waals surface area contributed by atoms with Crippen LogP contribution in [0.15, 0.2) is 24.3 Å². The van der Waals surface area contributed by atoms with Gasteiger partial charge in [0.25, 0.3) is 0 Å². The van der Waals surface area contributed by atoms with E-state index in [1.807, 2.05) is 0 Å². The smallest absolute Gasteiger partial charge is 0.422 e. The third kappa shape index (κ3) is 5.91. The van der Waals surface area contributed by atoms with Gasteiger partial charge in [-0.3, -0.25) is 23.6 Å². The number of alkyl halides is 2. The van der Waals surface area contributed by atoms with Gasteiger partial charge in [-0.25, -0.2) is 14.6 Å². The number of amides is 2. The van der Waals surface area contributed by atoms with Crippen LogP contribution in [0.5, 0.6) is 0 Å². The van der Waals surface area contributed by atoms with Gasteiger partial charge in [0.2, 0.25) is 5.91 Å². The second-order valence-corrected chi connectivity index (χ2v) is 12.4. The Morgan fingerprint density at radius 2 is 1.78 bits per heavy atom. The summed E-state index contributed by atoms with van der Waals surface area (Å²) in [6.07, 6.45) is 5.50. The van der Waals surface area contributed by atoms with Gasteiger partial charge in [0, 0.05) is 30.5 Å². The SMILES string of the molecule is CC(C)(C)OC(=O)NN1CC[C@@H](C2CCCCC2)[C@H]1C(=O)Nc1ccc2c(c1)cc1n2C(CCF)(CCF)OC1=O. The Labute approximate surface area is 238 Å². The maximum Gasteiger partial charge on any atom is 0.422 e. The monoisotopic (exact) mass is 574 g/mol. The number of anilines is 1. The number of halogens is 2. The van der Waals surface area contributed by atoms with Crippen LogP contribution in [0.1, 0.15) is 82.6 Å². The molecule has 5 rings (SSSR count). The fraction of sp³-hybridized carbons (Fsp3) is 0.633. The van der Waals surface area contributed by atoms with Crippen molar-refractivity contribution in [3.63, 3.8) is 0 Å². The van der Waals surface area contributed by atoms with E-state index in [0.29, 0.717) is 29.1 Å². The Morgan fingerprint density at radius 1 is 1.07 bits per heavy atom. The molecule has 2 atom stereocenters. The molecule has 9 nitrogen and oxygen atoms in total. The lowest BCUT2D eigenvalue weighted by atomic mass is 9.76. The third-order valence-corrected chi connectivity index (χ3v) is 8.54. The van der Waals surface area contributed by atoms with Crippen LogP contribution in [0.4, 0.5) is 19.3 Å². The highest BCUT2D eigenvalue weighted by molar-refractivity contribution is 6.01. The molecule has 0 radical (unpaired) electrons. The number of cyclic esters (lactones) is 1. The number of benzene rings is 1. The number of hydrazine groups is 1. The van der Waals surface area contributed by atoms with E-state index >= 15 is 0 Å². The molecule has 2 N–H and O–H groups in total. The van der Waals surface area contributed by atoms with Crippen LogP contribution in [0.2, 0.25) is 0 Å². The van der Waals surface area contributed by atoms with E-state index in [2.05, 4.69) is 10.7 Å². The van der Waals surface area contributed by atoms with Gasteiger partial charge in [-0.15, -0.1) is 0 Å². The molecule has 1 saturated carbocycles. The maximum atomic E-state index is 13.8. The molecule has 2 aliphatic heterocycles. The Morgan fingerprint density at radius 3 is 2.44 bits per heavy atom. The number of esters is 1. The van der Waals surface area contributed by atoms with Crippen molar-refractivity contribution < 1.29 is 32.6 Å². The predicted molar refractivity (Wildman–Crippen MR) is 150 cm³/mol. The van der Waals surface area contributed by atoms with Crippen LogP contribution < -0.4 is 10.7 Å². The normalized spacial score (nSPS) is 22.9. The zero-order valence-electron chi connectivity index (χ0n) is 24.0. The van der Waals surface area contributed by atoms with Crippen molar-refractivity contribution >= 4 is 34.6 Å². The van der Waals surface area contributed by atoms with Crippen molar-refractivity contribution in [1.29, 1.82) is 0 Å². The summed E-state index contributed by atoms with van der Waals surface area (Å²) in [5, 5.41) is 5.37. The molecule has 0 spiro atoms. The number of hydrogen-bond acceptors (Lipinski definition) is 6. The molecular weight excluding hydrogens is 534 g/mol. The zero-order chi connectivity index (χ0) is 29.4. The number of nitrogens with zero attached hydrogens (tertiary/aromatic N) is 2. The van der Waals surface area contributed by atoms with E-state index in [-0.39, 0.29) is 30.4 Å². The summed E-state index contributed by atoms with van der Waals surface area (Å²) in [6, 6.07) is 6.24. The molecule has 2 aromatic rings. The fourth-order valence-electron chi connectivity index (χ4n) is 6.87. The maximum absolute atomic E-state index is 13.8. The van der Waals surface area contributed by atoms with E-state index in [9.17, 15) is 23.2 Å². The standard InChI is InChI=1S/C30H40F2N4O5/c1-29(2,3)41-28(39)34-35-16-11-22(19-7-5-4-6-8-19)25(35)26(37)33-21-9-10-23-20(17-21)18-24-27(38)40-30(12-14-31,13-15-32)36(23)24/h9-10,17-19,22,25H,4-8,11-16H2,1-3H3,(H,33,37)(H,34,39)/t22-,25-/m0/s1. The highest BCUT2D eigenvalue weighted by Crippen LogP contribution is 2.42. The number of carbonyl (C=O) groups excluding carboxylic acids is 3. The van der Waals surface area contributed by atoms with Crippen LogP contribution >= 0.6 is 0 Å². The lowest BCUT2D eigenvalue weighted by molar-refractivity contribution is -0.123. The number of fused-ring (bicyclic) bond motifs is 3. The molecule has 11 heteroatoms. The van der Waals surface area contributed by atoms with Crippen LogP contribution in [-0.2, 0) is 20.0 Å². The number of carbonyl (C=O) groups is 3. The van der Waals surface area contributed by atoms with E-state index in [1.165, 1.54) is 6.42 Å². The van der Waals surface area contributed by atoms with Gasteiger partial charge in [-0.05, 0) is 63.3 Å². The average Bonchev–Trinajstić information content (AvgIpc) is 3.56. The lowest BCUT2D eigenvalue weighted by Crippen LogP contribution is -2.53. The van der Waals surface area contributed by atoms with Gasteiger partial charge in [0.1, 0.15) is 17.3 Å². The Hall–Kier alpha value is -3.21. The summed E-state index contributed by atoms with van der Waals surface area (Å²) in [4.78, 5) is 39.1. The van der Waals surface area contributed by atoms with Gasteiger partial charge in [-0.1, -0.05) is 32.1 Å². The summed E-state index contributed by atoms with van der Waals surface area (Å²) in [7, 11) is 0. The first kappa shape index (κ1) is 29.3. The van der Waals surface area contributed by atoms with E-state index in [1.54, 1.807) is 54.6 Å². The number of hydrogen-bond donors (Lipinski definition) is 2. The van der Waals surface area contributed by atoms with Crippen molar-refractivity contribution in [2.24, 2.45) is 11.8 Å². The van der Waals surface area contributed by atoms with E-state index in [4.69, 9.17) is 9.47 Å². The van der Waals surface area contributed by atoms with Gasteiger partial charge in [-0.2, -0.15) is 0 Å². The van der Waals surface area contributed by atoms with Crippen molar-refractivity contribution in [2.75, 3.05) is 25.2 Å². The van der Waals surface area contributed by atoms with Crippen LogP contribution in [0.25, 0.3) is 10.9 Å². The van der Waals surface area contributed by atoms with E-state index in [0.717, 1.165) is 32.1 Å². The van der Waals surface area contributed by atoms with Crippen LogP contribution in [-0.4, -0.2) is 59.1 Å². The van der Waals surface area contributed by atoms with Crippen LogP contribution in [0, 0.1) is 11.8 Å². The second kappa shape index (κ2) is 11.6. The topological polar surface area (TPSA) is 102 Å². The van der Waals surface area contributed by atoms with Crippen molar-refractivity contribution in [1.82, 2.24) is 15.0 Å². The molecule has 2 fully saturated rings. The molecule has 1 aromatic carbocycles. The predicted octanol–water partition coefficient (Wildman–Crippen LogP) is 5.83. The number of ether oxygens (including phenoxy) is 2. The summed E-state index contributed by atoms with van der Waals surface area (Å²) in [5.74, 6) is -0.376. The third-order valence-electron chi connectivity index (χ3n) is 8.54. The molecule has 0 unspecified atom stereocenters. The zero-order valence-corrected chi connectivity index (χ0v) is 24.0.